The van der Waals surface area contributed by atoms with E-state index in [1.807, 2.05) is 0 Å². The number of alkyl halides is 2. The molecule has 2 unspecified atom stereocenters. The summed E-state index contributed by atoms with van der Waals surface area (Å²) in [6.07, 6.45) is 2.99. The van der Waals surface area contributed by atoms with Crippen molar-refractivity contribution >= 4 is 5.97 Å². The average Bonchev–Trinajstić information content (AvgIpc) is 2.35. The topological polar surface area (TPSA) is 55.8 Å². The first-order valence-corrected chi connectivity index (χ1v) is 6.65. The normalized spacial score (nSPS) is 35.1. The SMILES string of the molecule is COCOC1CC2CC(C1)CC(C(F)(F)C(=O)O)C2. The fraction of sp³-hybridized carbons (Fsp3) is 0.923. The molecular weight excluding hydrogens is 258 g/mol. The van der Waals surface area contributed by atoms with Crippen molar-refractivity contribution in [3.63, 3.8) is 0 Å². The van der Waals surface area contributed by atoms with Crippen LogP contribution in [0.4, 0.5) is 8.78 Å². The monoisotopic (exact) mass is 278 g/mol. The summed E-state index contributed by atoms with van der Waals surface area (Å²) in [7, 11) is 1.55. The van der Waals surface area contributed by atoms with Crippen molar-refractivity contribution in [3.8, 4) is 0 Å². The van der Waals surface area contributed by atoms with Crippen LogP contribution in [0.1, 0.15) is 32.1 Å². The highest BCUT2D eigenvalue weighted by Crippen LogP contribution is 2.48. The lowest BCUT2D eigenvalue weighted by Crippen LogP contribution is -2.44. The largest absolute Gasteiger partial charge is 0.477 e. The highest BCUT2D eigenvalue weighted by Gasteiger charge is 2.51. The van der Waals surface area contributed by atoms with Gasteiger partial charge in [0.15, 0.2) is 0 Å². The number of carboxylic acids is 1. The van der Waals surface area contributed by atoms with Gasteiger partial charge < -0.3 is 14.6 Å². The molecule has 110 valence electrons. The van der Waals surface area contributed by atoms with Crippen molar-refractivity contribution in [2.75, 3.05) is 13.9 Å². The van der Waals surface area contributed by atoms with E-state index in [0.717, 1.165) is 19.3 Å². The van der Waals surface area contributed by atoms with E-state index in [9.17, 15) is 13.6 Å². The van der Waals surface area contributed by atoms with Gasteiger partial charge in [-0.2, -0.15) is 8.78 Å². The number of rotatable bonds is 5. The van der Waals surface area contributed by atoms with Gasteiger partial charge in [0.05, 0.1) is 6.10 Å². The minimum absolute atomic E-state index is 0.0584. The minimum Gasteiger partial charge on any atom is -0.477 e. The van der Waals surface area contributed by atoms with Gasteiger partial charge in [-0.1, -0.05) is 0 Å². The van der Waals surface area contributed by atoms with Crippen molar-refractivity contribution < 1.29 is 28.2 Å². The molecule has 1 N–H and O–H groups in total. The summed E-state index contributed by atoms with van der Waals surface area (Å²) in [5, 5.41) is 8.63. The van der Waals surface area contributed by atoms with Crippen LogP contribution < -0.4 is 0 Å². The number of fused-ring (bicyclic) bond motifs is 2. The molecule has 2 bridgehead atoms. The maximum absolute atomic E-state index is 13.6. The van der Waals surface area contributed by atoms with Gasteiger partial charge in [0, 0.05) is 13.0 Å². The number of hydrogen-bond acceptors (Lipinski definition) is 3. The van der Waals surface area contributed by atoms with Gasteiger partial charge in [0.2, 0.25) is 0 Å². The molecule has 0 heterocycles. The highest BCUT2D eigenvalue weighted by atomic mass is 19.3. The van der Waals surface area contributed by atoms with Crippen LogP contribution in [0.5, 0.6) is 0 Å². The van der Waals surface area contributed by atoms with Gasteiger partial charge in [-0.05, 0) is 43.9 Å². The van der Waals surface area contributed by atoms with Crippen molar-refractivity contribution in [1.29, 1.82) is 0 Å². The number of hydrogen-bond donors (Lipinski definition) is 1. The van der Waals surface area contributed by atoms with E-state index in [0.29, 0.717) is 0 Å². The molecule has 0 spiro atoms. The fourth-order valence-electron chi connectivity index (χ4n) is 3.56. The van der Waals surface area contributed by atoms with Crippen LogP contribution in [0.15, 0.2) is 0 Å². The highest BCUT2D eigenvalue weighted by molar-refractivity contribution is 5.75. The lowest BCUT2D eigenvalue weighted by atomic mass is 9.65. The number of methoxy groups -OCH3 is 1. The molecule has 6 heteroatoms. The van der Waals surface area contributed by atoms with Gasteiger partial charge in [-0.25, -0.2) is 4.79 Å². The Morgan fingerprint density at radius 3 is 2.26 bits per heavy atom. The van der Waals surface area contributed by atoms with Crippen LogP contribution in [0.3, 0.4) is 0 Å². The molecule has 2 aliphatic rings. The maximum atomic E-state index is 13.6. The first-order valence-electron chi connectivity index (χ1n) is 6.65. The summed E-state index contributed by atoms with van der Waals surface area (Å²) >= 11 is 0. The van der Waals surface area contributed by atoms with E-state index in [1.165, 1.54) is 0 Å². The minimum atomic E-state index is -3.60. The molecule has 0 aromatic heterocycles. The third-order valence-electron chi connectivity index (χ3n) is 4.31. The van der Waals surface area contributed by atoms with Crippen LogP contribution in [0, 0.1) is 17.8 Å². The number of carboxylic acid groups (broad SMARTS) is 1. The van der Waals surface area contributed by atoms with Gasteiger partial charge in [-0.3, -0.25) is 0 Å². The Kier molecular flexibility index (Phi) is 4.40. The smallest absolute Gasteiger partial charge is 0.374 e. The second-order valence-corrected chi connectivity index (χ2v) is 5.73. The fourth-order valence-corrected chi connectivity index (χ4v) is 3.56. The van der Waals surface area contributed by atoms with Crippen molar-refractivity contribution in [2.45, 2.75) is 44.1 Å². The van der Waals surface area contributed by atoms with Gasteiger partial charge in [0.25, 0.3) is 0 Å². The maximum Gasteiger partial charge on any atom is 0.374 e. The molecule has 0 saturated heterocycles. The van der Waals surface area contributed by atoms with E-state index in [2.05, 4.69) is 0 Å². The Balaban J connectivity index is 1.95. The van der Waals surface area contributed by atoms with Crippen molar-refractivity contribution in [2.24, 2.45) is 17.8 Å². The second kappa shape index (κ2) is 5.71. The van der Waals surface area contributed by atoms with E-state index in [-0.39, 0.29) is 37.6 Å². The predicted octanol–water partition coefficient (Wildman–Crippen LogP) is 2.52. The van der Waals surface area contributed by atoms with Crippen LogP contribution in [-0.4, -0.2) is 37.0 Å². The molecule has 2 aliphatic carbocycles. The second-order valence-electron chi connectivity index (χ2n) is 5.73. The summed E-state index contributed by atoms with van der Waals surface area (Å²) in [6, 6.07) is 0. The molecule has 4 nitrogen and oxygen atoms in total. The Morgan fingerprint density at radius 2 is 1.79 bits per heavy atom. The Labute approximate surface area is 111 Å². The van der Waals surface area contributed by atoms with E-state index in [4.69, 9.17) is 14.6 Å². The Bertz CT molecular complexity index is 321. The zero-order valence-electron chi connectivity index (χ0n) is 11.0. The van der Waals surface area contributed by atoms with Crippen LogP contribution >= 0.6 is 0 Å². The summed E-state index contributed by atoms with van der Waals surface area (Å²) in [4.78, 5) is 10.7. The Morgan fingerprint density at radius 1 is 1.21 bits per heavy atom. The quantitative estimate of drug-likeness (QED) is 0.785. The summed E-state index contributed by atoms with van der Waals surface area (Å²) in [5.41, 5.74) is 0. The zero-order valence-corrected chi connectivity index (χ0v) is 11.0. The molecule has 19 heavy (non-hydrogen) atoms. The first-order chi connectivity index (χ1) is 8.93. The van der Waals surface area contributed by atoms with Crippen LogP contribution in [-0.2, 0) is 14.3 Å². The molecule has 2 saturated carbocycles. The summed E-state index contributed by atoms with van der Waals surface area (Å²) in [5.74, 6) is -6.34. The van der Waals surface area contributed by atoms with E-state index in [1.54, 1.807) is 7.11 Å². The van der Waals surface area contributed by atoms with Crippen molar-refractivity contribution in [1.82, 2.24) is 0 Å². The lowest BCUT2D eigenvalue weighted by molar-refractivity contribution is -0.181. The zero-order chi connectivity index (χ0) is 14.0. The third-order valence-corrected chi connectivity index (χ3v) is 4.31. The standard InChI is InChI=1S/C13H20F2O4/c1-18-7-19-11-5-8-2-9(6-11)4-10(3-8)13(14,15)12(16)17/h8-11H,2-7H2,1H3,(H,16,17). The van der Waals surface area contributed by atoms with E-state index >= 15 is 0 Å². The third kappa shape index (κ3) is 3.23. The number of ether oxygens (including phenoxy) is 2. The number of carbonyl (C=O) groups is 1. The van der Waals surface area contributed by atoms with Gasteiger partial charge >= 0.3 is 11.9 Å². The molecule has 2 atom stereocenters. The number of halogens is 2. The molecule has 0 aromatic carbocycles. The molecule has 0 aromatic rings. The Hall–Kier alpha value is -0.750. The van der Waals surface area contributed by atoms with Crippen molar-refractivity contribution in [3.05, 3.63) is 0 Å². The predicted molar refractivity (Wildman–Crippen MR) is 62.9 cm³/mol. The molecule has 2 fully saturated rings. The molecule has 0 aliphatic heterocycles. The summed E-state index contributed by atoms with van der Waals surface area (Å²) in [6.45, 7) is 0.221. The van der Waals surface area contributed by atoms with Crippen LogP contribution in [0.2, 0.25) is 0 Å². The first kappa shape index (κ1) is 14.7. The molecule has 2 rings (SSSR count). The molecule has 0 radical (unpaired) electrons. The van der Waals surface area contributed by atoms with Crippen LogP contribution in [0.25, 0.3) is 0 Å². The van der Waals surface area contributed by atoms with E-state index < -0.39 is 17.8 Å². The molecule has 0 amide bonds. The molecular formula is C13H20F2O4. The summed E-state index contributed by atoms with van der Waals surface area (Å²) < 4.78 is 37.5. The average molecular weight is 278 g/mol. The van der Waals surface area contributed by atoms with Gasteiger partial charge in [-0.15, -0.1) is 0 Å². The lowest BCUT2D eigenvalue weighted by Gasteiger charge is -2.43. The number of aliphatic carboxylic acids is 1. The van der Waals surface area contributed by atoms with Gasteiger partial charge in [0.1, 0.15) is 6.79 Å².